The molecule has 170 valence electrons. The monoisotopic (exact) mass is 447 g/mol. The predicted molar refractivity (Wildman–Crippen MR) is 124 cm³/mol. The lowest BCUT2D eigenvalue weighted by atomic mass is 9.78. The van der Waals surface area contributed by atoms with E-state index in [1.54, 1.807) is 6.08 Å². The number of phenolic OH excluding ortho intramolecular Hbond substituents is 1. The van der Waals surface area contributed by atoms with Crippen molar-refractivity contribution in [1.29, 1.82) is 0 Å². The van der Waals surface area contributed by atoms with Gasteiger partial charge in [0.1, 0.15) is 12.3 Å². The van der Waals surface area contributed by atoms with Gasteiger partial charge < -0.3 is 9.84 Å². The number of carbonyl (C=O) groups is 3. The van der Waals surface area contributed by atoms with E-state index in [4.69, 9.17) is 4.74 Å². The van der Waals surface area contributed by atoms with E-state index in [-0.39, 0.29) is 34.0 Å². The third kappa shape index (κ3) is 6.12. The molecule has 0 bridgehead atoms. The second-order valence-electron chi connectivity index (χ2n) is 10.3. The van der Waals surface area contributed by atoms with Gasteiger partial charge in [0.15, 0.2) is 0 Å². The first-order valence-corrected chi connectivity index (χ1v) is 11.2. The molecule has 31 heavy (non-hydrogen) atoms. The summed E-state index contributed by atoms with van der Waals surface area (Å²) in [6.07, 6.45) is 1.65. The molecule has 0 aliphatic carbocycles. The summed E-state index contributed by atoms with van der Waals surface area (Å²) in [5, 5.41) is 10.4. The van der Waals surface area contributed by atoms with E-state index in [1.807, 2.05) is 67.5 Å². The van der Waals surface area contributed by atoms with E-state index >= 15 is 0 Å². The lowest BCUT2D eigenvalue weighted by Crippen LogP contribution is -2.34. The maximum absolute atomic E-state index is 12.8. The van der Waals surface area contributed by atoms with Crippen LogP contribution in [0.5, 0.6) is 5.75 Å². The highest BCUT2D eigenvalue weighted by atomic mass is 32.2. The van der Waals surface area contributed by atoms with Crippen LogP contribution in [0, 0.1) is 5.92 Å². The molecular weight excluding hydrogens is 414 g/mol. The van der Waals surface area contributed by atoms with Gasteiger partial charge in [-0.25, -0.2) is 0 Å². The zero-order valence-electron chi connectivity index (χ0n) is 19.7. The molecule has 1 N–H and O–H groups in total. The fourth-order valence-corrected chi connectivity index (χ4v) is 3.94. The first-order chi connectivity index (χ1) is 14.1. The maximum atomic E-state index is 12.8. The van der Waals surface area contributed by atoms with Gasteiger partial charge in [-0.2, -0.15) is 0 Å². The van der Waals surface area contributed by atoms with Crippen molar-refractivity contribution < 1.29 is 24.2 Å². The van der Waals surface area contributed by atoms with Crippen molar-refractivity contribution in [3.05, 3.63) is 33.7 Å². The van der Waals surface area contributed by atoms with E-state index in [9.17, 15) is 19.5 Å². The largest absolute Gasteiger partial charge is 0.507 e. The number of hydrogen-bond donors (Lipinski definition) is 1. The van der Waals surface area contributed by atoms with Crippen LogP contribution in [0.3, 0.4) is 0 Å². The Bertz CT molecular complexity index is 884. The minimum absolute atomic E-state index is 0.169. The van der Waals surface area contributed by atoms with Crippen LogP contribution in [0.2, 0.25) is 0 Å². The number of carbonyl (C=O) groups excluding carboxylic acids is 3. The van der Waals surface area contributed by atoms with Crippen LogP contribution in [0.4, 0.5) is 4.79 Å². The number of thioether (sulfide) groups is 1. The van der Waals surface area contributed by atoms with Gasteiger partial charge in [-0.15, -0.1) is 0 Å². The number of ether oxygens (including phenoxy) is 1. The number of nitrogens with zero attached hydrogens (tertiary/aromatic N) is 1. The summed E-state index contributed by atoms with van der Waals surface area (Å²) in [4.78, 5) is 38.3. The topological polar surface area (TPSA) is 83.9 Å². The molecule has 0 saturated carbocycles. The van der Waals surface area contributed by atoms with Gasteiger partial charge >= 0.3 is 5.97 Å². The third-order valence-corrected chi connectivity index (χ3v) is 5.69. The molecular formula is C24H33NO5S. The molecule has 2 rings (SSSR count). The van der Waals surface area contributed by atoms with E-state index < -0.39 is 23.7 Å². The van der Waals surface area contributed by atoms with E-state index in [0.717, 1.165) is 33.4 Å². The van der Waals surface area contributed by atoms with Crippen LogP contribution < -0.4 is 0 Å². The summed E-state index contributed by atoms with van der Waals surface area (Å²) in [6.45, 7) is 15.7. The van der Waals surface area contributed by atoms with Crippen LogP contribution in [0.1, 0.15) is 72.1 Å². The SMILES string of the molecule is CC(C)COC(=O)CN1C(=O)S/C(=C\c2cc(C(C)(C)C)c(O)c(C(C)(C)C)c2)C1=O. The Hall–Kier alpha value is -2.28. The number of rotatable bonds is 5. The summed E-state index contributed by atoms with van der Waals surface area (Å²) in [7, 11) is 0. The Morgan fingerprint density at radius 3 is 2.06 bits per heavy atom. The minimum atomic E-state index is -0.605. The molecule has 0 atom stereocenters. The van der Waals surface area contributed by atoms with Crippen molar-refractivity contribution in [2.45, 2.75) is 66.2 Å². The van der Waals surface area contributed by atoms with Gasteiger partial charge in [0.2, 0.25) is 0 Å². The molecule has 1 saturated heterocycles. The van der Waals surface area contributed by atoms with Crippen molar-refractivity contribution in [3.63, 3.8) is 0 Å². The van der Waals surface area contributed by atoms with Gasteiger partial charge in [0.25, 0.3) is 11.1 Å². The normalized spacial score (nSPS) is 16.5. The summed E-state index contributed by atoms with van der Waals surface area (Å²) in [5.41, 5.74) is 1.63. The van der Waals surface area contributed by atoms with Crippen molar-refractivity contribution in [1.82, 2.24) is 4.90 Å². The first kappa shape index (κ1) is 25.0. The molecule has 1 aromatic rings. The lowest BCUT2D eigenvalue weighted by molar-refractivity contribution is -0.147. The van der Waals surface area contributed by atoms with Crippen LogP contribution >= 0.6 is 11.8 Å². The average molecular weight is 448 g/mol. The van der Waals surface area contributed by atoms with E-state index in [1.165, 1.54) is 0 Å². The number of imide groups is 1. The van der Waals surface area contributed by atoms with Gasteiger partial charge in [0.05, 0.1) is 11.5 Å². The molecule has 1 aliphatic heterocycles. The van der Waals surface area contributed by atoms with Crippen molar-refractivity contribution >= 4 is 35.0 Å². The Labute approximate surface area is 189 Å². The molecule has 2 amide bonds. The molecule has 0 aromatic heterocycles. The molecule has 0 radical (unpaired) electrons. The molecule has 0 unspecified atom stereocenters. The van der Waals surface area contributed by atoms with Crippen LogP contribution in [-0.4, -0.2) is 40.3 Å². The highest BCUT2D eigenvalue weighted by Crippen LogP contribution is 2.41. The fraction of sp³-hybridized carbons (Fsp3) is 0.542. The molecule has 1 aliphatic rings. The number of aromatic hydroxyl groups is 1. The molecule has 1 heterocycles. The molecule has 0 spiro atoms. The number of benzene rings is 1. The highest BCUT2D eigenvalue weighted by Gasteiger charge is 2.37. The number of phenols is 1. The quantitative estimate of drug-likeness (QED) is 0.492. The van der Waals surface area contributed by atoms with Crippen molar-refractivity contribution in [2.24, 2.45) is 5.92 Å². The Morgan fingerprint density at radius 2 is 1.61 bits per heavy atom. The molecule has 1 aromatic carbocycles. The Kier molecular flexibility index (Phi) is 7.31. The van der Waals surface area contributed by atoms with E-state index in [2.05, 4.69) is 0 Å². The predicted octanol–water partition coefficient (Wildman–Crippen LogP) is 5.22. The van der Waals surface area contributed by atoms with Crippen LogP contribution in [0.15, 0.2) is 17.0 Å². The minimum Gasteiger partial charge on any atom is -0.507 e. The summed E-state index contributed by atoms with van der Waals surface area (Å²) in [5.74, 6) is -0.702. The van der Waals surface area contributed by atoms with Gasteiger partial charge in [-0.1, -0.05) is 55.4 Å². The fourth-order valence-electron chi connectivity index (χ4n) is 3.11. The van der Waals surface area contributed by atoms with Crippen molar-refractivity contribution in [2.75, 3.05) is 13.2 Å². The molecule has 7 heteroatoms. The van der Waals surface area contributed by atoms with Crippen LogP contribution in [0.25, 0.3) is 6.08 Å². The Balaban J connectivity index is 2.38. The van der Waals surface area contributed by atoms with Gasteiger partial charge in [-0.05, 0) is 52.3 Å². The summed E-state index contributed by atoms with van der Waals surface area (Å²) in [6, 6.07) is 3.69. The summed E-state index contributed by atoms with van der Waals surface area (Å²) >= 11 is 0.802. The first-order valence-electron chi connectivity index (χ1n) is 10.4. The average Bonchev–Trinajstić information content (AvgIpc) is 2.86. The van der Waals surface area contributed by atoms with Gasteiger partial charge in [0, 0.05) is 11.1 Å². The smallest absolute Gasteiger partial charge is 0.326 e. The maximum Gasteiger partial charge on any atom is 0.326 e. The highest BCUT2D eigenvalue weighted by molar-refractivity contribution is 8.18. The third-order valence-electron chi connectivity index (χ3n) is 4.78. The molecule has 6 nitrogen and oxygen atoms in total. The number of hydrogen-bond acceptors (Lipinski definition) is 6. The van der Waals surface area contributed by atoms with Crippen molar-refractivity contribution in [3.8, 4) is 5.75 Å². The number of esters is 1. The zero-order valence-corrected chi connectivity index (χ0v) is 20.5. The Morgan fingerprint density at radius 1 is 1.10 bits per heavy atom. The zero-order chi connectivity index (χ0) is 23.7. The second-order valence-corrected chi connectivity index (χ2v) is 11.3. The molecule has 1 fully saturated rings. The van der Waals surface area contributed by atoms with Crippen LogP contribution in [-0.2, 0) is 25.2 Å². The standard InChI is InChI=1S/C24H33NO5S/c1-14(2)13-30-19(26)12-25-21(28)18(31-22(25)29)11-15-9-16(23(3,4)5)20(27)17(10-15)24(6,7)8/h9-11,14,27H,12-13H2,1-8H3/b18-11-. The lowest BCUT2D eigenvalue weighted by Gasteiger charge is -2.28. The van der Waals surface area contributed by atoms with E-state index in [0.29, 0.717) is 0 Å². The summed E-state index contributed by atoms with van der Waals surface area (Å²) < 4.78 is 5.09. The van der Waals surface area contributed by atoms with Gasteiger partial charge in [-0.3, -0.25) is 19.3 Å². The second kappa shape index (κ2) is 9.07. The number of amides is 2.